The minimum Gasteiger partial charge on any atom is -0.494 e. The molecule has 3 aromatic rings. The normalized spacial score (nSPS) is 18.7. The van der Waals surface area contributed by atoms with Crippen molar-refractivity contribution in [2.75, 3.05) is 19.8 Å². The number of benzene rings is 3. The molecule has 2 atom stereocenters. The zero-order valence-electron chi connectivity index (χ0n) is 21.9. The molecule has 2 N–H and O–H groups in total. The number of hydrogen-bond acceptors (Lipinski definition) is 5. The number of rotatable bonds is 13. The monoisotopic (exact) mass is 512 g/mol. The zero-order chi connectivity index (χ0) is 26.6. The quantitative estimate of drug-likeness (QED) is 0.308. The van der Waals surface area contributed by atoms with Gasteiger partial charge in [0.2, 0.25) is 5.90 Å². The number of aryl methyl sites for hydroxylation is 1. The molecule has 6 nitrogen and oxygen atoms in total. The second-order valence-corrected chi connectivity index (χ2v) is 9.41. The topological polar surface area (TPSA) is 80.2 Å². The molecule has 0 saturated heterocycles. The highest BCUT2D eigenvalue weighted by Gasteiger charge is 2.49. The molecule has 3 aromatic carbocycles. The van der Waals surface area contributed by atoms with Crippen molar-refractivity contribution in [3.05, 3.63) is 108 Å². The van der Waals surface area contributed by atoms with Gasteiger partial charge in [-0.2, -0.15) is 0 Å². The Morgan fingerprint density at radius 2 is 1.74 bits per heavy atom. The molecular weight excluding hydrogens is 476 g/mol. The number of aliphatic imine (C=N–C) groups is 1. The average molecular weight is 513 g/mol. The van der Waals surface area contributed by atoms with Crippen LogP contribution in [0, 0.1) is 0 Å². The predicted molar refractivity (Wildman–Crippen MR) is 151 cm³/mol. The third kappa shape index (κ3) is 7.11. The maximum atomic E-state index is 13.6. The Labute approximate surface area is 225 Å². The molecule has 1 aliphatic rings. The number of carbonyl (C=O) groups is 1. The summed E-state index contributed by atoms with van der Waals surface area (Å²) in [5.41, 5.74) is 2.04. The van der Waals surface area contributed by atoms with Gasteiger partial charge in [-0.15, -0.1) is 0 Å². The molecule has 0 spiro atoms. The van der Waals surface area contributed by atoms with Crippen LogP contribution >= 0.6 is 0 Å². The van der Waals surface area contributed by atoms with Crippen LogP contribution in [0.2, 0.25) is 0 Å². The highest BCUT2D eigenvalue weighted by Crippen LogP contribution is 2.33. The van der Waals surface area contributed by atoms with Crippen molar-refractivity contribution in [2.24, 2.45) is 4.99 Å². The largest absolute Gasteiger partial charge is 0.494 e. The fraction of sp³-hybridized carbons (Fsp3) is 0.312. The second kappa shape index (κ2) is 13.6. The Morgan fingerprint density at radius 3 is 2.45 bits per heavy atom. The van der Waals surface area contributed by atoms with E-state index < -0.39 is 11.6 Å². The van der Waals surface area contributed by atoms with E-state index in [2.05, 4.69) is 17.4 Å². The maximum Gasteiger partial charge on any atom is 0.252 e. The van der Waals surface area contributed by atoms with E-state index in [0.29, 0.717) is 37.6 Å². The van der Waals surface area contributed by atoms with Gasteiger partial charge < -0.3 is 19.9 Å². The van der Waals surface area contributed by atoms with Crippen molar-refractivity contribution in [3.8, 4) is 5.75 Å². The van der Waals surface area contributed by atoms with E-state index in [1.807, 2.05) is 91.9 Å². The number of hydrogen-bond donors (Lipinski definition) is 2. The molecule has 198 valence electrons. The van der Waals surface area contributed by atoms with Gasteiger partial charge in [0.15, 0.2) is 5.54 Å². The Bertz CT molecular complexity index is 1210. The molecule has 4 rings (SSSR count). The number of aliphatic hydroxyl groups is 1. The molecular formula is C32H36N2O4. The first kappa shape index (κ1) is 27.1. The minimum atomic E-state index is -1.07. The van der Waals surface area contributed by atoms with Gasteiger partial charge in [0.05, 0.1) is 6.61 Å². The molecule has 1 aliphatic heterocycles. The smallest absolute Gasteiger partial charge is 0.252 e. The lowest BCUT2D eigenvalue weighted by Crippen LogP contribution is -2.50. The number of nitrogens with zero attached hydrogens (tertiary/aromatic N) is 1. The summed E-state index contributed by atoms with van der Waals surface area (Å²) in [5.74, 6) is 1.03. The average Bonchev–Trinajstić information content (AvgIpc) is 3.29. The highest BCUT2D eigenvalue weighted by atomic mass is 16.5. The summed E-state index contributed by atoms with van der Waals surface area (Å²) >= 11 is 0. The van der Waals surface area contributed by atoms with Crippen molar-refractivity contribution in [1.29, 1.82) is 0 Å². The van der Waals surface area contributed by atoms with Gasteiger partial charge in [0.1, 0.15) is 11.9 Å². The van der Waals surface area contributed by atoms with Crippen LogP contribution in [0.3, 0.4) is 0 Å². The van der Waals surface area contributed by atoms with Crippen LogP contribution in [0.25, 0.3) is 6.08 Å². The minimum absolute atomic E-state index is 0.0930. The summed E-state index contributed by atoms with van der Waals surface area (Å²) < 4.78 is 11.8. The van der Waals surface area contributed by atoms with Gasteiger partial charge in [-0.05, 0) is 55.2 Å². The lowest BCUT2D eigenvalue weighted by molar-refractivity contribution is -0.128. The van der Waals surface area contributed by atoms with Gasteiger partial charge in [-0.25, -0.2) is 4.99 Å². The lowest BCUT2D eigenvalue weighted by atomic mass is 9.89. The molecule has 38 heavy (non-hydrogen) atoms. The second-order valence-electron chi connectivity index (χ2n) is 9.41. The number of aliphatic hydroxyl groups excluding tert-OH is 1. The zero-order valence-corrected chi connectivity index (χ0v) is 21.9. The summed E-state index contributed by atoms with van der Waals surface area (Å²) in [7, 11) is 0. The first-order chi connectivity index (χ1) is 18.6. The Morgan fingerprint density at radius 1 is 1.03 bits per heavy atom. The van der Waals surface area contributed by atoms with Crippen LogP contribution < -0.4 is 10.1 Å². The predicted octanol–water partition coefficient (Wildman–Crippen LogP) is 5.20. The molecule has 0 aliphatic carbocycles. The van der Waals surface area contributed by atoms with Gasteiger partial charge in [0, 0.05) is 31.6 Å². The van der Waals surface area contributed by atoms with Crippen molar-refractivity contribution in [2.45, 2.75) is 44.2 Å². The van der Waals surface area contributed by atoms with Gasteiger partial charge >= 0.3 is 0 Å². The molecule has 1 amide bonds. The maximum absolute atomic E-state index is 13.6. The number of amides is 1. The summed E-state index contributed by atoms with van der Waals surface area (Å²) in [6.45, 7) is 3.01. The van der Waals surface area contributed by atoms with E-state index in [1.165, 1.54) is 5.56 Å². The SMILES string of the molecule is C[C@H]1OC(c2ccc(OCCCO)cc2)=N[C@@]1(C/C=C/c1ccccc1)C(=O)NCCCc1ccccc1. The summed E-state index contributed by atoms with van der Waals surface area (Å²) in [6.07, 6.45) is 6.32. The van der Waals surface area contributed by atoms with Crippen LogP contribution in [0.4, 0.5) is 0 Å². The van der Waals surface area contributed by atoms with Crippen LogP contribution in [-0.2, 0) is 16.0 Å². The standard InChI is InChI=1S/C32H36N2O4/c1-25-32(21-8-15-26-11-4-2-5-12-26,31(36)33-22-9-16-27-13-6-3-7-14-27)34-30(38-25)28-17-19-29(20-18-28)37-24-10-23-35/h2-8,11-15,17-20,25,35H,9-10,16,21-24H2,1H3,(H,33,36)/b15-8+/t25-,32-/m1/s1. The van der Waals surface area contributed by atoms with Crippen LogP contribution in [0.1, 0.15) is 42.9 Å². The number of ether oxygens (including phenoxy) is 2. The van der Waals surface area contributed by atoms with Gasteiger partial charge in [-0.1, -0.05) is 72.8 Å². The van der Waals surface area contributed by atoms with Crippen molar-refractivity contribution in [1.82, 2.24) is 5.32 Å². The van der Waals surface area contributed by atoms with E-state index in [-0.39, 0.29) is 12.5 Å². The molecule has 0 unspecified atom stereocenters. The molecule has 0 radical (unpaired) electrons. The number of nitrogens with one attached hydrogen (secondary N) is 1. The van der Waals surface area contributed by atoms with E-state index in [9.17, 15) is 4.79 Å². The summed E-state index contributed by atoms with van der Waals surface area (Å²) in [4.78, 5) is 18.5. The lowest BCUT2D eigenvalue weighted by Gasteiger charge is -2.27. The Kier molecular flexibility index (Phi) is 9.71. The third-order valence-electron chi connectivity index (χ3n) is 6.64. The molecule has 6 heteroatoms. The highest BCUT2D eigenvalue weighted by molar-refractivity contribution is 6.00. The Hall–Kier alpha value is -3.90. The third-order valence-corrected chi connectivity index (χ3v) is 6.64. The van der Waals surface area contributed by atoms with E-state index >= 15 is 0 Å². The molecule has 0 aromatic heterocycles. The van der Waals surface area contributed by atoms with Crippen LogP contribution in [0.15, 0.2) is 96.0 Å². The van der Waals surface area contributed by atoms with Crippen LogP contribution in [0.5, 0.6) is 5.75 Å². The van der Waals surface area contributed by atoms with E-state index in [1.54, 1.807) is 0 Å². The van der Waals surface area contributed by atoms with E-state index in [0.717, 1.165) is 24.0 Å². The Balaban J connectivity index is 1.49. The van der Waals surface area contributed by atoms with Gasteiger partial charge in [-0.3, -0.25) is 4.79 Å². The van der Waals surface area contributed by atoms with Crippen molar-refractivity contribution in [3.63, 3.8) is 0 Å². The fourth-order valence-electron chi connectivity index (χ4n) is 4.41. The first-order valence-electron chi connectivity index (χ1n) is 13.2. The molecule has 0 fully saturated rings. The fourth-order valence-corrected chi connectivity index (χ4v) is 4.41. The van der Waals surface area contributed by atoms with Crippen molar-refractivity contribution >= 4 is 17.9 Å². The van der Waals surface area contributed by atoms with E-state index in [4.69, 9.17) is 19.6 Å². The van der Waals surface area contributed by atoms with Crippen molar-refractivity contribution < 1.29 is 19.4 Å². The molecule has 1 heterocycles. The summed E-state index contributed by atoms with van der Waals surface area (Å²) in [6, 6.07) is 27.8. The molecule has 0 bridgehead atoms. The first-order valence-corrected chi connectivity index (χ1v) is 13.2. The molecule has 0 saturated carbocycles. The number of carbonyl (C=O) groups excluding carboxylic acids is 1. The van der Waals surface area contributed by atoms with Gasteiger partial charge in [0.25, 0.3) is 5.91 Å². The summed E-state index contributed by atoms with van der Waals surface area (Å²) in [5, 5.41) is 12.1. The van der Waals surface area contributed by atoms with Crippen LogP contribution in [-0.4, -0.2) is 48.3 Å².